The second-order valence-corrected chi connectivity index (χ2v) is 7.83. The number of ketones is 1. The number of nitrogens with one attached hydrogen (secondary N) is 2. The molecule has 2 aromatic rings. The highest BCUT2D eigenvalue weighted by Crippen LogP contribution is 2.34. The number of fused-ring (bicyclic) bond motifs is 1. The Morgan fingerprint density at radius 2 is 1.90 bits per heavy atom. The van der Waals surface area contributed by atoms with Crippen LogP contribution in [0.1, 0.15) is 45.8 Å². The van der Waals surface area contributed by atoms with Crippen LogP contribution in [0, 0.1) is 11.6 Å². The van der Waals surface area contributed by atoms with Gasteiger partial charge >= 0.3 is 0 Å². The Hall–Kier alpha value is -2.78. The highest BCUT2D eigenvalue weighted by atomic mass is 35.5. The lowest BCUT2D eigenvalue weighted by Gasteiger charge is -2.31. The predicted octanol–water partition coefficient (Wildman–Crippen LogP) is 2.44. The van der Waals surface area contributed by atoms with Crippen LogP contribution in [0.15, 0.2) is 18.2 Å². The first kappa shape index (κ1) is 20.5. The van der Waals surface area contributed by atoms with E-state index in [1.54, 1.807) is 4.57 Å². The number of hydrogen-bond acceptors (Lipinski definition) is 4. The number of carbonyl (C=O) groups excluding carboxylic acids is 3. The van der Waals surface area contributed by atoms with Gasteiger partial charge in [-0.2, -0.15) is 0 Å². The number of aromatic nitrogens is 1. The van der Waals surface area contributed by atoms with Gasteiger partial charge in [0.15, 0.2) is 11.6 Å². The van der Waals surface area contributed by atoms with Crippen molar-refractivity contribution in [1.29, 1.82) is 0 Å². The Bertz CT molecular complexity index is 1060. The van der Waals surface area contributed by atoms with Crippen molar-refractivity contribution in [2.45, 2.75) is 44.4 Å². The maximum atomic E-state index is 13.4. The molecule has 1 aliphatic heterocycles. The number of halogens is 3. The Morgan fingerprint density at radius 1 is 1.17 bits per heavy atom. The molecule has 0 saturated heterocycles. The Labute approximate surface area is 175 Å². The van der Waals surface area contributed by atoms with E-state index in [1.807, 2.05) is 0 Å². The van der Waals surface area contributed by atoms with Crippen molar-refractivity contribution in [2.24, 2.45) is 0 Å². The molecule has 0 atom stereocenters. The van der Waals surface area contributed by atoms with Crippen LogP contribution in [-0.2, 0) is 17.8 Å². The minimum atomic E-state index is -1.12. The molecule has 7 nitrogen and oxygen atoms in total. The molecule has 10 heteroatoms. The first-order valence-electron chi connectivity index (χ1n) is 9.46. The van der Waals surface area contributed by atoms with Gasteiger partial charge in [0.25, 0.3) is 17.6 Å². The van der Waals surface area contributed by atoms with E-state index in [0.29, 0.717) is 37.9 Å². The third-order valence-corrected chi connectivity index (χ3v) is 5.75. The lowest BCUT2D eigenvalue weighted by molar-refractivity contribution is -0.119. The Morgan fingerprint density at radius 3 is 2.57 bits per heavy atom. The normalized spacial score (nSPS) is 19.7. The van der Waals surface area contributed by atoms with E-state index in [1.165, 1.54) is 6.07 Å². The van der Waals surface area contributed by atoms with E-state index < -0.39 is 35.3 Å². The molecule has 3 N–H and O–H groups in total. The molecule has 30 heavy (non-hydrogen) atoms. The summed E-state index contributed by atoms with van der Waals surface area (Å²) >= 11 is 6.35. The van der Waals surface area contributed by atoms with Gasteiger partial charge in [-0.25, -0.2) is 8.78 Å². The van der Waals surface area contributed by atoms with E-state index in [0.717, 1.165) is 12.1 Å². The van der Waals surface area contributed by atoms with Gasteiger partial charge in [0.2, 0.25) is 0 Å². The quantitative estimate of drug-likeness (QED) is 0.494. The molecular weight excluding hydrogens is 420 g/mol. The van der Waals surface area contributed by atoms with Crippen molar-refractivity contribution in [1.82, 2.24) is 9.88 Å². The summed E-state index contributed by atoms with van der Waals surface area (Å²) in [6.45, 7) is 0.421. The van der Waals surface area contributed by atoms with Crippen LogP contribution in [0.2, 0.25) is 5.02 Å². The molecular formula is C20H18ClF2N3O4. The van der Waals surface area contributed by atoms with Gasteiger partial charge in [-0.05, 0) is 37.8 Å². The first-order valence-corrected chi connectivity index (χ1v) is 9.84. The third kappa shape index (κ3) is 3.59. The molecule has 0 spiro atoms. The second-order valence-electron chi connectivity index (χ2n) is 7.45. The lowest BCUT2D eigenvalue weighted by Crippen LogP contribution is -2.49. The summed E-state index contributed by atoms with van der Waals surface area (Å²) in [5.74, 6) is -4.56. The molecule has 0 bridgehead atoms. The number of nitrogens with zero attached hydrogens (tertiary/aromatic N) is 1. The molecule has 1 aromatic carbocycles. The highest BCUT2D eigenvalue weighted by Gasteiger charge is 2.36. The van der Waals surface area contributed by atoms with Crippen LogP contribution < -0.4 is 10.6 Å². The maximum Gasteiger partial charge on any atom is 0.294 e. The van der Waals surface area contributed by atoms with E-state index in [9.17, 15) is 28.3 Å². The fourth-order valence-electron chi connectivity index (χ4n) is 3.83. The molecule has 1 aromatic heterocycles. The molecule has 1 saturated carbocycles. The SMILES string of the molecule is O=C(NC1CC(O)C1)C(=O)c1c(Cl)c(C(=O)Nc2ccc(F)c(F)c2)c2n1CCC2. The molecule has 0 radical (unpaired) electrons. The largest absolute Gasteiger partial charge is 0.393 e. The van der Waals surface area contributed by atoms with Crippen molar-refractivity contribution < 1.29 is 28.3 Å². The van der Waals surface area contributed by atoms with Gasteiger partial charge in [0.05, 0.1) is 16.7 Å². The average Bonchev–Trinajstić information content (AvgIpc) is 3.22. The molecule has 2 heterocycles. The minimum absolute atomic E-state index is 0.0297. The van der Waals surface area contributed by atoms with Gasteiger partial charge in [0.1, 0.15) is 5.69 Å². The van der Waals surface area contributed by atoms with Gasteiger partial charge in [-0.1, -0.05) is 11.6 Å². The van der Waals surface area contributed by atoms with Crippen molar-refractivity contribution >= 4 is 34.9 Å². The molecule has 4 rings (SSSR count). The zero-order valence-corrected chi connectivity index (χ0v) is 16.4. The summed E-state index contributed by atoms with van der Waals surface area (Å²) in [6.07, 6.45) is 1.40. The van der Waals surface area contributed by atoms with Crippen molar-refractivity contribution in [2.75, 3.05) is 5.32 Å². The highest BCUT2D eigenvalue weighted by molar-refractivity contribution is 6.48. The first-order chi connectivity index (χ1) is 14.3. The van der Waals surface area contributed by atoms with Crippen molar-refractivity contribution in [3.05, 3.63) is 51.8 Å². The molecule has 2 aliphatic rings. The molecule has 158 valence electrons. The zero-order valence-electron chi connectivity index (χ0n) is 15.7. The van der Waals surface area contributed by atoms with Crippen LogP contribution >= 0.6 is 11.6 Å². The number of aliphatic hydroxyl groups excluding tert-OH is 1. The number of carbonyl (C=O) groups is 3. The summed E-state index contributed by atoms with van der Waals surface area (Å²) in [7, 11) is 0. The van der Waals surface area contributed by atoms with Crippen LogP contribution in [-0.4, -0.2) is 39.4 Å². The van der Waals surface area contributed by atoms with Gasteiger partial charge in [-0.3, -0.25) is 14.4 Å². The number of benzene rings is 1. The molecule has 0 unspecified atom stereocenters. The smallest absolute Gasteiger partial charge is 0.294 e. The molecule has 1 aliphatic carbocycles. The number of rotatable bonds is 5. The summed E-state index contributed by atoms with van der Waals surface area (Å²) in [4.78, 5) is 37.9. The Kier molecular flexibility index (Phi) is 5.33. The van der Waals surface area contributed by atoms with Gasteiger partial charge in [-0.15, -0.1) is 0 Å². The van der Waals surface area contributed by atoms with Gasteiger partial charge < -0.3 is 20.3 Å². The average molecular weight is 438 g/mol. The standard InChI is InChI=1S/C20H18ClF2N3O4/c21-16-15(19(29)24-9-3-4-12(22)13(23)8-9)14-2-1-5-26(14)17(16)18(28)20(30)25-10-6-11(27)7-10/h3-4,8,10-11,27H,1-2,5-7H2,(H,24,29)(H,25,30). The van der Waals surface area contributed by atoms with E-state index in [4.69, 9.17) is 11.6 Å². The number of amides is 2. The fraction of sp³-hybridized carbons (Fsp3) is 0.350. The van der Waals surface area contributed by atoms with Crippen molar-refractivity contribution in [3.63, 3.8) is 0 Å². The maximum absolute atomic E-state index is 13.4. The second kappa shape index (κ2) is 7.81. The topological polar surface area (TPSA) is 100 Å². The summed E-state index contributed by atoms with van der Waals surface area (Å²) < 4.78 is 28.1. The van der Waals surface area contributed by atoms with E-state index >= 15 is 0 Å². The fourth-order valence-corrected chi connectivity index (χ4v) is 4.21. The van der Waals surface area contributed by atoms with Crippen LogP contribution in [0.25, 0.3) is 0 Å². The molecule has 1 fully saturated rings. The van der Waals surface area contributed by atoms with Crippen molar-refractivity contribution in [3.8, 4) is 0 Å². The summed E-state index contributed by atoms with van der Waals surface area (Å²) in [5, 5.41) is 14.2. The zero-order chi connectivity index (χ0) is 21.6. The monoisotopic (exact) mass is 437 g/mol. The van der Waals surface area contributed by atoms with E-state index in [-0.39, 0.29) is 28.0 Å². The van der Waals surface area contributed by atoms with Crippen LogP contribution in [0.3, 0.4) is 0 Å². The number of anilines is 1. The van der Waals surface area contributed by atoms with Crippen LogP contribution in [0.4, 0.5) is 14.5 Å². The number of aliphatic hydroxyl groups is 1. The predicted molar refractivity (Wildman–Crippen MR) is 104 cm³/mol. The lowest BCUT2D eigenvalue weighted by atomic mass is 9.89. The van der Waals surface area contributed by atoms with E-state index in [2.05, 4.69) is 10.6 Å². The third-order valence-electron chi connectivity index (χ3n) is 5.38. The Balaban J connectivity index is 1.60. The number of Topliss-reactive ketones (excluding diaryl/α,β-unsaturated/α-hetero) is 1. The van der Waals surface area contributed by atoms with Crippen LogP contribution in [0.5, 0.6) is 0 Å². The minimum Gasteiger partial charge on any atom is -0.393 e. The van der Waals surface area contributed by atoms with Gasteiger partial charge in [0, 0.05) is 30.0 Å². The summed E-state index contributed by atoms with van der Waals surface area (Å²) in [6, 6.07) is 2.64. The summed E-state index contributed by atoms with van der Waals surface area (Å²) in [5.41, 5.74) is 0.503. The molecule has 2 amide bonds. The number of hydrogen-bond donors (Lipinski definition) is 3.